The summed E-state index contributed by atoms with van der Waals surface area (Å²) in [4.78, 5) is 35.4. The first-order valence-corrected chi connectivity index (χ1v) is 11.9. The molecule has 0 spiro atoms. The van der Waals surface area contributed by atoms with Crippen LogP contribution in [0.15, 0.2) is 82.0 Å². The summed E-state index contributed by atoms with van der Waals surface area (Å²) in [7, 11) is 0. The van der Waals surface area contributed by atoms with E-state index in [1.165, 1.54) is 0 Å². The second kappa shape index (κ2) is 10.1. The maximum Gasteiger partial charge on any atom is 0.338 e. The lowest BCUT2D eigenvalue weighted by Crippen LogP contribution is -2.32. The van der Waals surface area contributed by atoms with Crippen LogP contribution in [0, 0.1) is 13.8 Å². The Morgan fingerprint density at radius 3 is 2.05 bits per heavy atom. The minimum Gasteiger partial charge on any atom is -0.463 e. The number of amides is 1. The zero-order valence-electron chi connectivity index (χ0n) is 20.6. The van der Waals surface area contributed by atoms with Gasteiger partial charge in [-0.25, -0.2) is 14.8 Å². The second-order valence-electron chi connectivity index (χ2n) is 8.64. The first kappa shape index (κ1) is 24.0. The quantitative estimate of drug-likeness (QED) is 0.262. The number of hydrogen-bond acceptors (Lipinski definition) is 7. The normalized spacial score (nSPS) is 11.9. The summed E-state index contributed by atoms with van der Waals surface area (Å²) in [6.45, 7) is 5.62. The van der Waals surface area contributed by atoms with Crippen molar-refractivity contribution < 1.29 is 23.2 Å². The van der Waals surface area contributed by atoms with E-state index in [2.05, 4.69) is 5.32 Å². The van der Waals surface area contributed by atoms with E-state index < -0.39 is 12.1 Å². The van der Waals surface area contributed by atoms with Gasteiger partial charge in [0.25, 0.3) is 5.91 Å². The molecule has 0 aliphatic carbocycles. The molecule has 8 nitrogen and oxygen atoms in total. The van der Waals surface area contributed by atoms with Gasteiger partial charge in [-0.2, -0.15) is 0 Å². The van der Waals surface area contributed by atoms with Crippen molar-refractivity contribution >= 4 is 28.6 Å². The van der Waals surface area contributed by atoms with Gasteiger partial charge >= 0.3 is 5.97 Å². The Morgan fingerprint density at radius 1 is 0.865 bits per heavy atom. The molecule has 0 aliphatic heterocycles. The number of anilines is 1. The monoisotopic (exact) mass is 495 g/mol. The molecule has 186 valence electrons. The van der Waals surface area contributed by atoms with Crippen LogP contribution in [-0.2, 0) is 9.53 Å². The van der Waals surface area contributed by atoms with Crippen molar-refractivity contribution in [2.75, 3.05) is 5.32 Å². The highest BCUT2D eigenvalue weighted by Crippen LogP contribution is 2.32. The third-order valence-corrected chi connectivity index (χ3v) is 6.05. The van der Waals surface area contributed by atoms with Gasteiger partial charge in [-0.3, -0.25) is 4.79 Å². The first-order valence-electron chi connectivity index (χ1n) is 11.9. The third kappa shape index (κ3) is 4.86. The summed E-state index contributed by atoms with van der Waals surface area (Å²) in [5.74, 6) is 0.0619. The number of fused-ring (bicyclic) bond motifs is 1. The molecule has 0 saturated carbocycles. The largest absolute Gasteiger partial charge is 0.463 e. The van der Waals surface area contributed by atoms with Crippen molar-refractivity contribution in [3.8, 4) is 22.9 Å². The molecule has 0 radical (unpaired) electrons. The van der Waals surface area contributed by atoms with Crippen molar-refractivity contribution in [1.82, 2.24) is 9.97 Å². The number of carbonyl (C=O) groups excluding carboxylic acids is 2. The predicted octanol–water partition coefficient (Wildman–Crippen LogP) is 6.34. The van der Waals surface area contributed by atoms with Crippen LogP contribution >= 0.6 is 0 Å². The number of ether oxygens (including phenoxy) is 1. The van der Waals surface area contributed by atoms with E-state index in [1.807, 2.05) is 32.0 Å². The Balaban J connectivity index is 1.42. The van der Waals surface area contributed by atoms with E-state index in [1.54, 1.807) is 61.9 Å². The number of rotatable bonds is 7. The van der Waals surface area contributed by atoms with Crippen LogP contribution in [-0.4, -0.2) is 27.9 Å². The van der Waals surface area contributed by atoms with Crippen molar-refractivity contribution in [3.63, 3.8) is 0 Å². The van der Waals surface area contributed by atoms with E-state index in [4.69, 9.17) is 23.5 Å². The number of carbonyl (C=O) groups is 2. The molecule has 1 atom stereocenters. The lowest BCUT2D eigenvalue weighted by molar-refractivity contribution is -0.124. The van der Waals surface area contributed by atoms with Crippen LogP contribution in [0.1, 0.15) is 34.8 Å². The molecule has 0 aliphatic rings. The molecule has 8 heteroatoms. The van der Waals surface area contributed by atoms with E-state index in [0.29, 0.717) is 40.4 Å². The maximum absolute atomic E-state index is 13.0. The van der Waals surface area contributed by atoms with Crippen LogP contribution in [0.4, 0.5) is 5.69 Å². The standard InChI is InChI=1S/C29H25N3O5/c1-4-22(28(33)32-25-17(2)8-5-9-18(25)3)37-29(34)19-12-13-20-21(16-19)31-27(24-11-7-15-36-24)26(30-20)23-10-6-14-35-23/h5-16,22H,4H2,1-3H3,(H,32,33). The van der Waals surface area contributed by atoms with Gasteiger partial charge in [-0.15, -0.1) is 0 Å². The van der Waals surface area contributed by atoms with Gasteiger partial charge < -0.3 is 18.9 Å². The zero-order valence-corrected chi connectivity index (χ0v) is 20.6. The number of benzene rings is 2. The van der Waals surface area contributed by atoms with Gasteiger partial charge in [0, 0.05) is 5.69 Å². The van der Waals surface area contributed by atoms with Crippen LogP contribution in [0.25, 0.3) is 33.9 Å². The number of hydrogen-bond donors (Lipinski definition) is 1. The minimum atomic E-state index is -0.951. The average molecular weight is 496 g/mol. The van der Waals surface area contributed by atoms with Crippen molar-refractivity contribution in [3.05, 3.63) is 89.9 Å². The highest BCUT2D eigenvalue weighted by molar-refractivity contribution is 5.99. The van der Waals surface area contributed by atoms with E-state index >= 15 is 0 Å². The van der Waals surface area contributed by atoms with Gasteiger partial charge in [-0.1, -0.05) is 25.1 Å². The Bertz CT molecular complexity index is 1550. The van der Waals surface area contributed by atoms with Gasteiger partial charge in [0.1, 0.15) is 11.4 Å². The molecule has 2 aromatic carbocycles. The van der Waals surface area contributed by atoms with Crippen molar-refractivity contribution in [2.24, 2.45) is 0 Å². The maximum atomic E-state index is 13.0. The topological polar surface area (TPSA) is 107 Å². The van der Waals surface area contributed by atoms with Gasteiger partial charge in [0.15, 0.2) is 17.6 Å². The van der Waals surface area contributed by atoms with Crippen molar-refractivity contribution in [1.29, 1.82) is 0 Å². The molecular formula is C29H25N3O5. The first-order chi connectivity index (χ1) is 17.9. The number of esters is 1. The highest BCUT2D eigenvalue weighted by atomic mass is 16.5. The molecule has 0 bridgehead atoms. The summed E-state index contributed by atoms with van der Waals surface area (Å²) in [5, 5.41) is 2.90. The number of para-hydroxylation sites is 1. The summed E-state index contributed by atoms with van der Waals surface area (Å²) >= 11 is 0. The van der Waals surface area contributed by atoms with Gasteiger partial charge in [0.2, 0.25) is 0 Å². The fourth-order valence-corrected chi connectivity index (χ4v) is 4.09. The van der Waals surface area contributed by atoms with Crippen molar-refractivity contribution in [2.45, 2.75) is 33.3 Å². The smallest absolute Gasteiger partial charge is 0.338 e. The average Bonchev–Trinajstić information content (AvgIpc) is 3.63. The molecule has 1 N–H and O–H groups in total. The number of nitrogens with zero attached hydrogens (tertiary/aromatic N) is 2. The lowest BCUT2D eigenvalue weighted by atomic mass is 10.1. The lowest BCUT2D eigenvalue weighted by Gasteiger charge is -2.18. The zero-order chi connectivity index (χ0) is 25.9. The van der Waals surface area contributed by atoms with Crippen LogP contribution in [0.5, 0.6) is 0 Å². The third-order valence-electron chi connectivity index (χ3n) is 6.05. The fourth-order valence-electron chi connectivity index (χ4n) is 4.09. The second-order valence-corrected chi connectivity index (χ2v) is 8.64. The van der Waals surface area contributed by atoms with E-state index in [0.717, 1.165) is 16.8 Å². The molecule has 1 amide bonds. The highest BCUT2D eigenvalue weighted by Gasteiger charge is 2.24. The number of aryl methyl sites for hydroxylation is 2. The van der Waals surface area contributed by atoms with Gasteiger partial charge in [-0.05, 0) is 73.9 Å². The molecule has 37 heavy (non-hydrogen) atoms. The van der Waals surface area contributed by atoms with Crippen LogP contribution in [0.2, 0.25) is 0 Å². The molecular weight excluding hydrogens is 470 g/mol. The number of aromatic nitrogens is 2. The predicted molar refractivity (Wildman–Crippen MR) is 139 cm³/mol. The van der Waals surface area contributed by atoms with Crippen LogP contribution in [0.3, 0.4) is 0 Å². The summed E-state index contributed by atoms with van der Waals surface area (Å²) in [5.41, 5.74) is 4.90. The number of nitrogens with one attached hydrogen (secondary N) is 1. The summed E-state index contributed by atoms with van der Waals surface area (Å²) in [6, 6.07) is 17.8. The Morgan fingerprint density at radius 2 is 1.49 bits per heavy atom. The minimum absolute atomic E-state index is 0.260. The van der Waals surface area contributed by atoms with Gasteiger partial charge in [0.05, 0.1) is 29.1 Å². The molecule has 0 saturated heterocycles. The molecule has 0 fully saturated rings. The number of furan rings is 2. The SMILES string of the molecule is CCC(OC(=O)c1ccc2nc(-c3ccco3)c(-c3ccco3)nc2c1)C(=O)Nc1c(C)cccc1C. The Labute approximate surface area is 213 Å². The van der Waals surface area contributed by atoms with E-state index in [-0.39, 0.29) is 11.5 Å². The molecule has 5 rings (SSSR count). The Kier molecular flexibility index (Phi) is 6.55. The summed E-state index contributed by atoms with van der Waals surface area (Å²) in [6.07, 6.45) is 2.49. The Hall–Kier alpha value is -4.72. The fraction of sp³-hybridized carbons (Fsp3) is 0.172. The van der Waals surface area contributed by atoms with Crippen LogP contribution < -0.4 is 5.32 Å². The molecule has 5 aromatic rings. The summed E-state index contributed by atoms with van der Waals surface area (Å²) < 4.78 is 16.7. The molecule has 1 unspecified atom stereocenters. The molecule has 3 aromatic heterocycles. The van der Waals surface area contributed by atoms with E-state index in [9.17, 15) is 9.59 Å². The molecule has 3 heterocycles.